The number of carbonyl (C=O) groups is 1. The Balaban J connectivity index is 1.31. The van der Waals surface area contributed by atoms with Crippen LogP contribution in [0, 0.1) is 12.8 Å². The number of carbonyl (C=O) groups excluding carboxylic acids is 1. The molecule has 2 aliphatic heterocycles. The van der Waals surface area contributed by atoms with Crippen LogP contribution in [0.5, 0.6) is 17.5 Å². The average Bonchev–Trinajstić information content (AvgIpc) is 2.85. The second kappa shape index (κ2) is 11.2. The molecule has 2 aromatic rings. The number of likely N-dealkylation sites (tertiary alicyclic amines) is 1. The first-order chi connectivity index (χ1) is 16.8. The van der Waals surface area contributed by atoms with E-state index in [0.29, 0.717) is 62.0 Å². The SMILES string of the molecule is CCOC(=O)N1CCC(Oc2ncnc(Oc3ccc(CC4COS(=O)(=O)OC4)cc3)c2C)CC1. The second-order valence-corrected chi connectivity index (χ2v) is 9.69. The highest BCUT2D eigenvalue weighted by Crippen LogP contribution is 2.29. The first-order valence-corrected chi connectivity index (χ1v) is 12.9. The van der Waals surface area contributed by atoms with E-state index in [-0.39, 0.29) is 31.3 Å². The third-order valence-corrected chi connectivity index (χ3v) is 6.65. The third kappa shape index (κ3) is 6.80. The molecular weight excluding hydrogens is 478 g/mol. The van der Waals surface area contributed by atoms with Gasteiger partial charge in [0, 0.05) is 31.8 Å². The van der Waals surface area contributed by atoms with Gasteiger partial charge in [0.05, 0.1) is 25.4 Å². The standard InChI is InChI=1S/C23H29N3O8S/c1-3-30-23(27)26-10-8-20(9-11-26)34-22-16(2)21(24-15-25-22)33-19-6-4-17(5-7-19)12-18-13-31-35(28,29)32-14-18/h4-7,15,18,20H,3,8-14H2,1-2H3. The lowest BCUT2D eigenvalue weighted by Gasteiger charge is -2.31. The van der Waals surface area contributed by atoms with Gasteiger partial charge >= 0.3 is 16.5 Å². The summed E-state index contributed by atoms with van der Waals surface area (Å²) in [5.74, 6) is 1.40. The van der Waals surface area contributed by atoms with E-state index in [1.54, 1.807) is 11.8 Å². The van der Waals surface area contributed by atoms with E-state index in [0.717, 1.165) is 5.56 Å². The van der Waals surface area contributed by atoms with Gasteiger partial charge in [0.2, 0.25) is 11.8 Å². The number of hydrogen-bond donors (Lipinski definition) is 0. The highest BCUT2D eigenvalue weighted by Gasteiger charge is 2.27. The van der Waals surface area contributed by atoms with Crippen LogP contribution in [0.15, 0.2) is 30.6 Å². The molecule has 2 aliphatic rings. The van der Waals surface area contributed by atoms with Crippen LogP contribution in [0.4, 0.5) is 4.79 Å². The van der Waals surface area contributed by atoms with Crippen molar-refractivity contribution in [3.8, 4) is 17.5 Å². The Labute approximate surface area is 204 Å². The van der Waals surface area contributed by atoms with Gasteiger partial charge in [-0.05, 0) is 38.0 Å². The Kier molecular flexibility index (Phi) is 8.04. The molecule has 2 fully saturated rings. The Morgan fingerprint density at radius 1 is 1.09 bits per heavy atom. The number of hydrogen-bond acceptors (Lipinski definition) is 10. The molecule has 3 heterocycles. The van der Waals surface area contributed by atoms with Crippen LogP contribution in [-0.2, 0) is 29.9 Å². The topological polar surface area (TPSA) is 126 Å². The third-order valence-electron chi connectivity index (χ3n) is 5.80. The maximum absolute atomic E-state index is 11.9. The van der Waals surface area contributed by atoms with Crippen molar-refractivity contribution in [3.63, 3.8) is 0 Å². The fourth-order valence-corrected chi connectivity index (χ4v) is 4.65. The number of piperidine rings is 1. The summed E-state index contributed by atoms with van der Waals surface area (Å²) in [5.41, 5.74) is 1.69. The molecule has 12 heteroatoms. The van der Waals surface area contributed by atoms with Gasteiger partial charge in [-0.1, -0.05) is 12.1 Å². The lowest BCUT2D eigenvalue weighted by Crippen LogP contribution is -2.42. The molecule has 0 bridgehead atoms. The normalized spacial score (nSPS) is 18.7. The smallest absolute Gasteiger partial charge is 0.409 e. The number of nitrogens with zero attached hydrogens (tertiary/aromatic N) is 3. The minimum atomic E-state index is -3.84. The first kappa shape index (κ1) is 25.1. The van der Waals surface area contributed by atoms with E-state index in [2.05, 4.69) is 9.97 Å². The van der Waals surface area contributed by atoms with E-state index in [9.17, 15) is 13.2 Å². The molecule has 11 nitrogen and oxygen atoms in total. The summed E-state index contributed by atoms with van der Waals surface area (Å²) >= 11 is 0. The number of ether oxygens (including phenoxy) is 3. The maximum atomic E-state index is 11.9. The van der Waals surface area contributed by atoms with E-state index in [1.807, 2.05) is 31.2 Å². The number of rotatable bonds is 7. The summed E-state index contributed by atoms with van der Waals surface area (Å²) < 4.78 is 49.0. The largest absolute Gasteiger partial charge is 0.474 e. The van der Waals surface area contributed by atoms with Gasteiger partial charge < -0.3 is 19.1 Å². The van der Waals surface area contributed by atoms with Crippen molar-refractivity contribution in [1.82, 2.24) is 14.9 Å². The molecule has 1 aromatic carbocycles. The minimum Gasteiger partial charge on any atom is -0.474 e. The summed E-state index contributed by atoms with van der Waals surface area (Å²) in [5, 5.41) is 0. The average molecular weight is 508 g/mol. The minimum absolute atomic E-state index is 0.0433. The predicted octanol–water partition coefficient (Wildman–Crippen LogP) is 3.03. The molecule has 1 aromatic heterocycles. The van der Waals surface area contributed by atoms with Gasteiger partial charge in [-0.2, -0.15) is 8.42 Å². The molecule has 1 amide bonds. The zero-order chi connectivity index (χ0) is 24.8. The van der Waals surface area contributed by atoms with Crippen LogP contribution in [0.1, 0.15) is 30.9 Å². The fourth-order valence-electron chi connectivity index (χ4n) is 3.87. The molecule has 0 radical (unpaired) electrons. The highest BCUT2D eigenvalue weighted by molar-refractivity contribution is 7.81. The second-order valence-electron chi connectivity index (χ2n) is 8.41. The van der Waals surface area contributed by atoms with E-state index in [4.69, 9.17) is 22.6 Å². The zero-order valence-electron chi connectivity index (χ0n) is 19.7. The lowest BCUT2D eigenvalue weighted by atomic mass is 10.0. The molecule has 0 spiro atoms. The quantitative estimate of drug-likeness (QED) is 0.552. The molecular formula is C23H29N3O8S. The highest BCUT2D eigenvalue weighted by atomic mass is 32.3. The number of amides is 1. The predicted molar refractivity (Wildman–Crippen MR) is 124 cm³/mol. The van der Waals surface area contributed by atoms with Crippen LogP contribution < -0.4 is 9.47 Å². The Bertz CT molecular complexity index is 1100. The van der Waals surface area contributed by atoms with Gasteiger partial charge in [-0.15, -0.1) is 0 Å². The van der Waals surface area contributed by atoms with Crippen molar-refractivity contribution in [2.45, 2.75) is 39.2 Å². The molecule has 0 N–H and O–H groups in total. The molecule has 2 saturated heterocycles. The van der Waals surface area contributed by atoms with E-state index >= 15 is 0 Å². The Morgan fingerprint density at radius 3 is 2.40 bits per heavy atom. The van der Waals surface area contributed by atoms with Gasteiger partial charge in [0.25, 0.3) is 0 Å². The Morgan fingerprint density at radius 2 is 1.74 bits per heavy atom. The zero-order valence-corrected chi connectivity index (χ0v) is 20.5. The monoisotopic (exact) mass is 507 g/mol. The summed E-state index contributed by atoms with van der Waals surface area (Å²) in [6.07, 6.45) is 3.03. The molecule has 0 aliphatic carbocycles. The van der Waals surface area contributed by atoms with E-state index < -0.39 is 10.4 Å². The van der Waals surface area contributed by atoms with Crippen molar-refractivity contribution in [3.05, 3.63) is 41.7 Å². The Hall–Kier alpha value is -2.96. The van der Waals surface area contributed by atoms with Crippen LogP contribution in [-0.4, -0.2) is 68.4 Å². The van der Waals surface area contributed by atoms with Crippen molar-refractivity contribution in [1.29, 1.82) is 0 Å². The molecule has 190 valence electrons. The summed E-state index contributed by atoms with van der Waals surface area (Å²) in [6.45, 7) is 5.33. The van der Waals surface area contributed by atoms with Gasteiger partial charge in [0.1, 0.15) is 18.2 Å². The summed E-state index contributed by atoms with van der Waals surface area (Å²) in [6, 6.07) is 7.46. The number of benzene rings is 1. The van der Waals surface area contributed by atoms with Crippen molar-refractivity contribution < 1.29 is 35.8 Å². The number of aromatic nitrogens is 2. The molecule has 35 heavy (non-hydrogen) atoms. The van der Waals surface area contributed by atoms with Crippen LogP contribution in [0.2, 0.25) is 0 Å². The molecule has 4 rings (SSSR count). The van der Waals surface area contributed by atoms with Gasteiger partial charge in [-0.25, -0.2) is 23.1 Å². The summed E-state index contributed by atoms with van der Waals surface area (Å²) in [4.78, 5) is 22.1. The van der Waals surface area contributed by atoms with Crippen LogP contribution in [0.3, 0.4) is 0 Å². The van der Waals surface area contributed by atoms with Crippen LogP contribution >= 0.6 is 0 Å². The summed E-state index contributed by atoms with van der Waals surface area (Å²) in [7, 11) is -3.84. The van der Waals surface area contributed by atoms with Crippen molar-refractivity contribution in [2.24, 2.45) is 5.92 Å². The molecule has 0 unspecified atom stereocenters. The van der Waals surface area contributed by atoms with Crippen molar-refractivity contribution >= 4 is 16.5 Å². The van der Waals surface area contributed by atoms with Crippen LogP contribution in [0.25, 0.3) is 0 Å². The lowest BCUT2D eigenvalue weighted by molar-refractivity contribution is 0.0684. The fraction of sp³-hybridized carbons (Fsp3) is 0.522. The molecule has 0 atom stereocenters. The van der Waals surface area contributed by atoms with Gasteiger partial charge in [-0.3, -0.25) is 0 Å². The maximum Gasteiger partial charge on any atom is 0.409 e. The van der Waals surface area contributed by atoms with Crippen molar-refractivity contribution in [2.75, 3.05) is 32.9 Å². The molecule has 0 saturated carbocycles. The van der Waals surface area contributed by atoms with Gasteiger partial charge in [0.15, 0.2) is 0 Å². The van der Waals surface area contributed by atoms with E-state index in [1.165, 1.54) is 6.33 Å². The first-order valence-electron chi connectivity index (χ1n) is 11.5.